The molecule has 2 aliphatic heterocycles. The second kappa shape index (κ2) is 7.76. The average Bonchev–Trinajstić information content (AvgIpc) is 3.23. The lowest BCUT2D eigenvalue weighted by atomic mass is 9.61. The van der Waals surface area contributed by atoms with Crippen LogP contribution in [0.15, 0.2) is 36.7 Å². The zero-order chi connectivity index (χ0) is 24.3. The summed E-state index contributed by atoms with van der Waals surface area (Å²) in [5.74, 6) is 0.190. The van der Waals surface area contributed by atoms with Crippen LogP contribution in [-0.2, 0) is 21.3 Å². The van der Waals surface area contributed by atoms with Gasteiger partial charge in [0.25, 0.3) is 0 Å². The Morgan fingerprint density at radius 1 is 1.18 bits per heavy atom. The summed E-state index contributed by atoms with van der Waals surface area (Å²) in [5, 5.41) is 3.62. The van der Waals surface area contributed by atoms with Gasteiger partial charge in [-0.05, 0) is 61.4 Å². The highest BCUT2D eigenvalue weighted by Crippen LogP contribution is 2.57. The van der Waals surface area contributed by atoms with E-state index in [9.17, 15) is 18.0 Å². The second-order valence-electron chi connectivity index (χ2n) is 9.67. The largest absolute Gasteiger partial charge is 0.451 e. The molecule has 3 fully saturated rings. The van der Waals surface area contributed by atoms with Crippen LogP contribution in [0, 0.1) is 18.3 Å². The van der Waals surface area contributed by atoms with Gasteiger partial charge in [0.2, 0.25) is 0 Å². The number of fused-ring (bicyclic) bond motifs is 3. The first kappa shape index (κ1) is 22.8. The Hall–Kier alpha value is -3.01. The number of esters is 1. The van der Waals surface area contributed by atoms with Gasteiger partial charge in [-0.3, -0.25) is 4.79 Å². The minimum atomic E-state index is -4.46. The zero-order valence-corrected chi connectivity index (χ0v) is 19.7. The van der Waals surface area contributed by atoms with Crippen LogP contribution in [0.1, 0.15) is 49.2 Å². The lowest BCUT2D eigenvalue weighted by Crippen LogP contribution is -2.54. The molecule has 0 aromatic carbocycles. The van der Waals surface area contributed by atoms with Gasteiger partial charge in [-0.2, -0.15) is 13.2 Å². The predicted molar refractivity (Wildman–Crippen MR) is 121 cm³/mol. The minimum Gasteiger partial charge on any atom is -0.451 e. The van der Waals surface area contributed by atoms with Gasteiger partial charge in [0.05, 0.1) is 22.1 Å². The molecule has 6 rings (SSSR count). The maximum absolute atomic E-state index is 13.0. The topological polar surface area (TPSA) is 77.0 Å². The molecule has 3 aliphatic rings. The summed E-state index contributed by atoms with van der Waals surface area (Å²) in [7, 11) is 0. The number of anilines is 2. The smallest absolute Gasteiger partial charge is 0.416 e. The Labute approximate surface area is 198 Å². The summed E-state index contributed by atoms with van der Waals surface area (Å²) < 4.78 is 45.0. The van der Waals surface area contributed by atoms with Crippen molar-refractivity contribution in [1.29, 1.82) is 0 Å². The number of hydrogen-bond donors (Lipinski definition) is 1. The van der Waals surface area contributed by atoms with E-state index in [1.165, 1.54) is 11.3 Å². The van der Waals surface area contributed by atoms with Crippen LogP contribution >= 0.6 is 11.3 Å². The predicted octanol–water partition coefficient (Wildman–Crippen LogP) is 6.25. The van der Waals surface area contributed by atoms with Gasteiger partial charge in [-0.15, -0.1) is 11.3 Å². The van der Waals surface area contributed by atoms with Crippen molar-refractivity contribution >= 4 is 28.9 Å². The van der Waals surface area contributed by atoms with Crippen LogP contribution in [0.3, 0.4) is 0 Å². The van der Waals surface area contributed by atoms with E-state index < -0.39 is 17.3 Å². The highest BCUT2D eigenvalue weighted by molar-refractivity contribution is 7.15. The number of thiazole rings is 1. The van der Waals surface area contributed by atoms with Crippen LogP contribution in [0.5, 0.6) is 0 Å². The van der Waals surface area contributed by atoms with Gasteiger partial charge >= 0.3 is 12.1 Å². The Bertz CT molecular complexity index is 1270. The number of carbonyl (C=O) groups is 1. The summed E-state index contributed by atoms with van der Waals surface area (Å²) in [4.78, 5) is 26.5. The van der Waals surface area contributed by atoms with E-state index >= 15 is 0 Å². The summed E-state index contributed by atoms with van der Waals surface area (Å²) in [6, 6.07) is 5.49. The zero-order valence-electron chi connectivity index (χ0n) is 18.9. The van der Waals surface area contributed by atoms with Crippen molar-refractivity contribution in [1.82, 2.24) is 15.0 Å². The van der Waals surface area contributed by atoms with Gasteiger partial charge in [0, 0.05) is 12.4 Å². The molecule has 0 amide bonds. The highest BCUT2D eigenvalue weighted by atomic mass is 32.1. The highest BCUT2D eigenvalue weighted by Gasteiger charge is 2.58. The molecule has 10 heteroatoms. The third kappa shape index (κ3) is 4.04. The molecular weight excluding hydrogens is 465 g/mol. The van der Waals surface area contributed by atoms with Gasteiger partial charge < -0.3 is 10.1 Å². The van der Waals surface area contributed by atoms with Crippen molar-refractivity contribution in [3.8, 4) is 10.6 Å². The van der Waals surface area contributed by atoms with Gasteiger partial charge in [-0.1, -0.05) is 13.8 Å². The number of pyridine rings is 2. The van der Waals surface area contributed by atoms with E-state index in [0.717, 1.165) is 53.0 Å². The van der Waals surface area contributed by atoms with Crippen LogP contribution in [-0.4, -0.2) is 20.9 Å². The maximum atomic E-state index is 13.0. The average molecular weight is 489 g/mol. The molecule has 1 N–H and O–H groups in total. The van der Waals surface area contributed by atoms with E-state index in [2.05, 4.69) is 34.1 Å². The molecule has 6 nitrogen and oxygen atoms in total. The van der Waals surface area contributed by atoms with Gasteiger partial charge in [0.15, 0.2) is 5.60 Å². The molecule has 3 aromatic rings. The number of alkyl halides is 3. The van der Waals surface area contributed by atoms with Crippen molar-refractivity contribution in [2.75, 3.05) is 5.32 Å². The monoisotopic (exact) mass is 488 g/mol. The molecule has 2 atom stereocenters. The first-order valence-electron chi connectivity index (χ1n) is 10.9. The minimum absolute atomic E-state index is 0.0517. The van der Waals surface area contributed by atoms with Crippen molar-refractivity contribution in [2.45, 2.75) is 51.8 Å². The van der Waals surface area contributed by atoms with Gasteiger partial charge in [-0.25, -0.2) is 15.0 Å². The molecule has 178 valence electrons. The Balaban J connectivity index is 1.44. The molecule has 1 aliphatic carbocycles. The van der Waals surface area contributed by atoms with Gasteiger partial charge in [0.1, 0.15) is 16.6 Å². The van der Waals surface area contributed by atoms with Crippen LogP contribution in [0.2, 0.25) is 0 Å². The van der Waals surface area contributed by atoms with Crippen LogP contribution in [0.25, 0.3) is 10.6 Å². The number of carbonyl (C=O) groups excluding carboxylic acids is 1. The number of ether oxygens (including phenoxy) is 1. The number of rotatable bonds is 4. The molecule has 3 aromatic heterocycles. The summed E-state index contributed by atoms with van der Waals surface area (Å²) >= 11 is 1.43. The molecule has 1 saturated carbocycles. The van der Waals surface area contributed by atoms with Crippen molar-refractivity contribution < 1.29 is 22.7 Å². The van der Waals surface area contributed by atoms with Crippen molar-refractivity contribution in [2.24, 2.45) is 11.3 Å². The first-order valence-corrected chi connectivity index (χ1v) is 11.8. The van der Waals surface area contributed by atoms with E-state index in [0.29, 0.717) is 11.5 Å². The SMILES string of the molecule is Cc1cc(Nc2cc(C(F)(F)F)ccn2)nc(-c2cnc(C34CC[C@H](C(=O)O3)C(C)(C)C4)s2)c1. The van der Waals surface area contributed by atoms with E-state index in [1.54, 1.807) is 12.3 Å². The lowest BCUT2D eigenvalue weighted by Gasteiger charge is -2.52. The number of nitrogens with one attached hydrogen (secondary N) is 1. The second-order valence-corrected chi connectivity index (χ2v) is 10.7. The molecule has 1 unspecified atom stereocenters. The fraction of sp³-hybridized carbons (Fsp3) is 0.417. The maximum Gasteiger partial charge on any atom is 0.416 e. The summed E-state index contributed by atoms with van der Waals surface area (Å²) in [5.41, 5.74) is -0.159. The molecule has 2 bridgehead atoms. The third-order valence-electron chi connectivity index (χ3n) is 6.56. The molecule has 0 radical (unpaired) electrons. The van der Waals surface area contributed by atoms with E-state index in [4.69, 9.17) is 4.74 Å². The molecule has 34 heavy (non-hydrogen) atoms. The Kier molecular flexibility index (Phi) is 5.20. The van der Waals surface area contributed by atoms with Crippen LogP contribution < -0.4 is 5.32 Å². The molecular formula is C24H23F3N4O2S. The molecule has 2 saturated heterocycles. The van der Waals surface area contributed by atoms with Crippen LogP contribution in [0.4, 0.5) is 24.8 Å². The number of aromatic nitrogens is 3. The molecule has 5 heterocycles. The Morgan fingerprint density at radius 2 is 1.97 bits per heavy atom. The van der Waals surface area contributed by atoms with Crippen molar-refractivity contribution in [3.05, 3.63) is 52.8 Å². The molecule has 0 spiro atoms. The summed E-state index contributed by atoms with van der Waals surface area (Å²) in [6.07, 6.45) is 0.608. The third-order valence-corrected chi connectivity index (χ3v) is 7.77. The summed E-state index contributed by atoms with van der Waals surface area (Å²) in [6.45, 7) is 6.08. The number of halogens is 3. The van der Waals surface area contributed by atoms with E-state index in [1.807, 2.05) is 13.0 Å². The number of hydrogen-bond acceptors (Lipinski definition) is 7. The fourth-order valence-corrected chi connectivity index (χ4v) is 6.03. The normalized spacial score (nSPS) is 23.6. The lowest BCUT2D eigenvalue weighted by molar-refractivity contribution is -0.209. The Morgan fingerprint density at radius 3 is 2.68 bits per heavy atom. The number of nitrogens with zero attached hydrogens (tertiary/aromatic N) is 3. The number of aryl methyl sites for hydroxylation is 1. The standard InChI is InChI=1S/C24H23F3N4O2S/c1-13-8-16(30-19(9-13)31-18-10-14(5-7-28-18)24(25,26)27)17-11-29-21(34-17)23-6-4-15(20(32)33-23)22(2,3)12-23/h5,7-11,15H,4,6,12H2,1-3H3,(H,28,30,31)/t15-,23?/m1/s1. The fourth-order valence-electron chi connectivity index (χ4n) is 5.00. The van der Waals surface area contributed by atoms with Crippen molar-refractivity contribution in [3.63, 3.8) is 0 Å². The quantitative estimate of drug-likeness (QED) is 0.438. The van der Waals surface area contributed by atoms with E-state index in [-0.39, 0.29) is 23.1 Å². The first-order chi connectivity index (χ1) is 16.0.